The van der Waals surface area contributed by atoms with Crippen LogP contribution in [0.2, 0.25) is 5.02 Å². The molecule has 6 heteroatoms. The Morgan fingerprint density at radius 3 is 2.05 bits per heavy atom. The van der Waals surface area contributed by atoms with Gasteiger partial charge in [-0.1, -0.05) is 38.3 Å². The number of nitrogens with one attached hydrogen (secondary N) is 1. The van der Waals surface area contributed by atoms with Gasteiger partial charge in [-0.25, -0.2) is 13.1 Å². The highest BCUT2D eigenvalue weighted by Gasteiger charge is 2.13. The van der Waals surface area contributed by atoms with Crippen molar-refractivity contribution in [1.82, 2.24) is 9.62 Å². The Hall–Kier alpha value is -0.620. The zero-order chi connectivity index (χ0) is 16.4. The Kier molecular flexibility index (Phi) is 9.02. The summed E-state index contributed by atoms with van der Waals surface area (Å²) in [5, 5.41) is 0.532. The normalized spacial score (nSPS) is 12.0. The first-order chi connectivity index (χ1) is 10.5. The third-order valence-electron chi connectivity index (χ3n) is 3.50. The van der Waals surface area contributed by atoms with Gasteiger partial charge in [0.2, 0.25) is 10.0 Å². The monoisotopic (exact) mass is 346 g/mol. The highest BCUT2D eigenvalue weighted by atomic mass is 35.5. The summed E-state index contributed by atoms with van der Waals surface area (Å²) in [5.74, 6) is 0. The second-order valence-electron chi connectivity index (χ2n) is 5.40. The third kappa shape index (κ3) is 7.09. The molecule has 1 rings (SSSR count). The smallest absolute Gasteiger partial charge is 0.240 e. The van der Waals surface area contributed by atoms with Gasteiger partial charge >= 0.3 is 0 Å². The summed E-state index contributed by atoms with van der Waals surface area (Å²) in [6.45, 7) is 7.56. The van der Waals surface area contributed by atoms with E-state index in [9.17, 15) is 8.42 Å². The lowest BCUT2D eigenvalue weighted by molar-refractivity contribution is 0.269. The number of unbranched alkanes of at least 4 members (excludes halogenated alkanes) is 2. The van der Waals surface area contributed by atoms with Crippen LogP contribution in [0.1, 0.15) is 39.5 Å². The molecular weight excluding hydrogens is 320 g/mol. The molecule has 0 spiro atoms. The van der Waals surface area contributed by atoms with Crippen LogP contribution in [0.4, 0.5) is 0 Å². The molecule has 0 radical (unpaired) electrons. The molecule has 1 aromatic rings. The molecule has 0 saturated carbocycles. The molecule has 1 aromatic carbocycles. The zero-order valence-electron chi connectivity index (χ0n) is 13.5. The molecule has 0 aliphatic carbocycles. The van der Waals surface area contributed by atoms with Gasteiger partial charge in [-0.2, -0.15) is 0 Å². The number of nitrogens with zero attached hydrogens (tertiary/aromatic N) is 1. The minimum absolute atomic E-state index is 0.255. The van der Waals surface area contributed by atoms with E-state index in [1.165, 1.54) is 12.1 Å². The first-order valence-corrected chi connectivity index (χ1v) is 9.83. The predicted octanol–water partition coefficient (Wildman–Crippen LogP) is 3.52. The topological polar surface area (TPSA) is 49.4 Å². The van der Waals surface area contributed by atoms with Crippen LogP contribution in [0.25, 0.3) is 0 Å². The molecular formula is C16H27ClN2O2S. The quantitative estimate of drug-likeness (QED) is 0.667. The number of hydrogen-bond donors (Lipinski definition) is 1. The largest absolute Gasteiger partial charge is 0.302 e. The van der Waals surface area contributed by atoms with E-state index in [1.807, 2.05) is 0 Å². The molecule has 0 aliphatic heterocycles. The highest BCUT2D eigenvalue weighted by Crippen LogP contribution is 2.13. The summed E-state index contributed by atoms with van der Waals surface area (Å²) in [7, 11) is -3.45. The summed E-state index contributed by atoms with van der Waals surface area (Å²) in [4.78, 5) is 2.59. The van der Waals surface area contributed by atoms with Crippen molar-refractivity contribution in [3.05, 3.63) is 29.3 Å². The fraction of sp³-hybridized carbons (Fsp3) is 0.625. The fourth-order valence-corrected chi connectivity index (χ4v) is 3.28. The van der Waals surface area contributed by atoms with E-state index in [0.717, 1.165) is 45.3 Å². The van der Waals surface area contributed by atoms with Crippen LogP contribution in [0.3, 0.4) is 0 Å². The molecule has 0 aliphatic rings. The van der Waals surface area contributed by atoms with Gasteiger partial charge in [-0.3, -0.25) is 0 Å². The van der Waals surface area contributed by atoms with Gasteiger partial charge < -0.3 is 4.90 Å². The molecule has 0 fully saturated rings. The van der Waals surface area contributed by atoms with Crippen LogP contribution < -0.4 is 4.72 Å². The van der Waals surface area contributed by atoms with Crippen molar-refractivity contribution >= 4 is 21.6 Å². The van der Waals surface area contributed by atoms with Crippen molar-refractivity contribution < 1.29 is 8.42 Å². The summed E-state index contributed by atoms with van der Waals surface area (Å²) in [6, 6.07) is 6.23. The van der Waals surface area contributed by atoms with Crippen LogP contribution in [0, 0.1) is 0 Å². The maximum absolute atomic E-state index is 12.2. The van der Waals surface area contributed by atoms with Crippen molar-refractivity contribution in [3.63, 3.8) is 0 Å². The molecule has 0 aromatic heterocycles. The molecule has 0 heterocycles. The van der Waals surface area contributed by atoms with Crippen molar-refractivity contribution in [1.29, 1.82) is 0 Å². The first kappa shape index (κ1) is 19.4. The van der Waals surface area contributed by atoms with E-state index in [0.29, 0.717) is 11.6 Å². The second-order valence-corrected chi connectivity index (χ2v) is 7.60. The van der Waals surface area contributed by atoms with Crippen molar-refractivity contribution in [2.24, 2.45) is 0 Å². The number of benzene rings is 1. The Labute approximate surface area is 139 Å². The van der Waals surface area contributed by atoms with Gasteiger partial charge in [-0.15, -0.1) is 0 Å². The summed E-state index contributed by atoms with van der Waals surface area (Å²) in [6.07, 6.45) is 4.60. The lowest BCUT2D eigenvalue weighted by atomic mass is 10.2. The van der Waals surface area contributed by atoms with Gasteiger partial charge in [0.1, 0.15) is 0 Å². The maximum atomic E-state index is 12.2. The standard InChI is InChI=1S/C16H27ClN2O2S/c1-3-5-12-19(13-6-4-2)14-11-18-22(20,21)16-9-7-15(17)8-10-16/h7-10,18H,3-6,11-14H2,1-2H3. The van der Waals surface area contributed by atoms with Crippen molar-refractivity contribution in [3.8, 4) is 0 Å². The average Bonchev–Trinajstić information content (AvgIpc) is 2.49. The molecule has 0 unspecified atom stereocenters. The van der Waals surface area contributed by atoms with E-state index in [4.69, 9.17) is 11.6 Å². The second kappa shape index (κ2) is 10.2. The Morgan fingerprint density at radius 1 is 1.00 bits per heavy atom. The van der Waals surface area contributed by atoms with Crippen molar-refractivity contribution in [2.45, 2.75) is 44.4 Å². The fourth-order valence-electron chi connectivity index (χ4n) is 2.13. The number of hydrogen-bond acceptors (Lipinski definition) is 3. The molecule has 0 saturated heterocycles. The predicted molar refractivity (Wildman–Crippen MR) is 92.9 cm³/mol. The lowest BCUT2D eigenvalue weighted by Crippen LogP contribution is -2.36. The van der Waals surface area contributed by atoms with Gasteiger partial charge in [0.15, 0.2) is 0 Å². The lowest BCUT2D eigenvalue weighted by Gasteiger charge is -2.22. The summed E-state index contributed by atoms with van der Waals surface area (Å²) in [5.41, 5.74) is 0. The first-order valence-electron chi connectivity index (χ1n) is 7.97. The molecule has 22 heavy (non-hydrogen) atoms. The number of sulfonamides is 1. The van der Waals surface area contributed by atoms with Crippen LogP contribution >= 0.6 is 11.6 Å². The summed E-state index contributed by atoms with van der Waals surface area (Å²) < 4.78 is 27.0. The van der Waals surface area contributed by atoms with Crippen molar-refractivity contribution in [2.75, 3.05) is 26.2 Å². The number of rotatable bonds is 11. The van der Waals surface area contributed by atoms with Crippen LogP contribution in [-0.2, 0) is 10.0 Å². The van der Waals surface area contributed by atoms with Gasteiger partial charge in [-0.05, 0) is 50.2 Å². The Bertz CT molecular complexity index is 509. The average molecular weight is 347 g/mol. The van der Waals surface area contributed by atoms with E-state index in [2.05, 4.69) is 23.5 Å². The molecule has 126 valence electrons. The third-order valence-corrected chi connectivity index (χ3v) is 5.23. The van der Waals surface area contributed by atoms with Crippen LogP contribution in [0.15, 0.2) is 29.2 Å². The Morgan fingerprint density at radius 2 is 1.55 bits per heavy atom. The number of halogens is 1. The van der Waals surface area contributed by atoms with Gasteiger partial charge in [0, 0.05) is 18.1 Å². The molecule has 0 amide bonds. The minimum Gasteiger partial charge on any atom is -0.302 e. The summed E-state index contributed by atoms with van der Waals surface area (Å²) >= 11 is 5.78. The molecule has 0 atom stereocenters. The molecule has 1 N–H and O–H groups in total. The maximum Gasteiger partial charge on any atom is 0.240 e. The van der Waals surface area contributed by atoms with Crippen LogP contribution in [-0.4, -0.2) is 39.5 Å². The van der Waals surface area contributed by atoms with E-state index in [1.54, 1.807) is 12.1 Å². The molecule has 4 nitrogen and oxygen atoms in total. The highest BCUT2D eigenvalue weighted by molar-refractivity contribution is 7.89. The van der Waals surface area contributed by atoms with E-state index in [-0.39, 0.29) is 4.90 Å². The Balaban J connectivity index is 2.49. The minimum atomic E-state index is -3.45. The van der Waals surface area contributed by atoms with E-state index < -0.39 is 10.0 Å². The van der Waals surface area contributed by atoms with Gasteiger partial charge in [0.05, 0.1) is 4.90 Å². The molecule has 0 bridgehead atoms. The zero-order valence-corrected chi connectivity index (χ0v) is 15.1. The SMILES string of the molecule is CCCCN(CCCC)CCNS(=O)(=O)c1ccc(Cl)cc1. The van der Waals surface area contributed by atoms with Crippen LogP contribution in [0.5, 0.6) is 0 Å². The van der Waals surface area contributed by atoms with E-state index >= 15 is 0 Å². The van der Waals surface area contributed by atoms with Gasteiger partial charge in [0.25, 0.3) is 0 Å².